The monoisotopic (exact) mass is 353 g/mol. The lowest BCUT2D eigenvalue weighted by atomic mass is 10.1. The highest BCUT2D eigenvalue weighted by Gasteiger charge is 2.26. The van der Waals surface area contributed by atoms with E-state index in [0.29, 0.717) is 10.7 Å². The molecule has 0 fully saturated rings. The van der Waals surface area contributed by atoms with Crippen molar-refractivity contribution in [1.82, 2.24) is 0 Å². The van der Waals surface area contributed by atoms with Crippen molar-refractivity contribution in [1.29, 1.82) is 0 Å². The summed E-state index contributed by atoms with van der Waals surface area (Å²) in [6.07, 6.45) is 0. The molecule has 2 nitrogen and oxygen atoms in total. The van der Waals surface area contributed by atoms with E-state index in [1.165, 1.54) is 0 Å². The molecule has 0 saturated heterocycles. The fourth-order valence-corrected chi connectivity index (χ4v) is 4.92. The van der Waals surface area contributed by atoms with Crippen LogP contribution in [0.3, 0.4) is 0 Å². The number of hydrogen-bond donors (Lipinski definition) is 0. The van der Waals surface area contributed by atoms with Crippen LogP contribution in [-0.4, -0.2) is 5.71 Å². The van der Waals surface area contributed by atoms with Gasteiger partial charge in [-0.05, 0) is 48.9 Å². The molecule has 0 aliphatic heterocycles. The Bertz CT molecular complexity index is 864. The summed E-state index contributed by atoms with van der Waals surface area (Å²) in [6, 6.07) is 26.2. The summed E-state index contributed by atoms with van der Waals surface area (Å²) in [5, 5.41) is 2.08. The van der Waals surface area contributed by atoms with Gasteiger partial charge in [-0.2, -0.15) is 0 Å². The molecule has 24 heavy (non-hydrogen) atoms. The molecule has 0 aliphatic rings. The minimum Gasteiger partial charge on any atom is -0.288 e. The molecule has 0 aromatic heterocycles. The molecule has 0 unspecified atom stereocenters. The van der Waals surface area contributed by atoms with Crippen LogP contribution in [0.4, 0.5) is 0 Å². The van der Waals surface area contributed by atoms with E-state index in [4.69, 9.17) is 11.6 Å². The highest BCUT2D eigenvalue weighted by Crippen LogP contribution is 2.45. The van der Waals surface area contributed by atoms with Gasteiger partial charge in [-0.15, -0.1) is 0 Å². The SMILES string of the molecule is C/C(=N\P(=O)(c1ccccc1)c1ccccc1)c1cccc(Cl)c1. The Labute approximate surface area is 147 Å². The Kier molecular flexibility index (Phi) is 4.99. The molecule has 0 bridgehead atoms. The summed E-state index contributed by atoms with van der Waals surface area (Å²) < 4.78 is 18.5. The largest absolute Gasteiger partial charge is 0.288 e. The summed E-state index contributed by atoms with van der Waals surface area (Å²) in [7, 11) is -3.12. The van der Waals surface area contributed by atoms with Gasteiger partial charge in [0.2, 0.25) is 7.29 Å². The first-order valence-corrected chi connectivity index (χ1v) is 9.67. The summed E-state index contributed by atoms with van der Waals surface area (Å²) in [5.74, 6) is 0. The van der Waals surface area contributed by atoms with Gasteiger partial charge in [0.25, 0.3) is 0 Å². The molecule has 0 saturated carbocycles. The van der Waals surface area contributed by atoms with Crippen molar-refractivity contribution < 1.29 is 4.57 Å². The Morgan fingerprint density at radius 2 is 1.38 bits per heavy atom. The first-order valence-electron chi connectivity index (χ1n) is 7.64. The first kappa shape index (κ1) is 16.7. The van der Waals surface area contributed by atoms with Crippen LogP contribution in [0.1, 0.15) is 12.5 Å². The van der Waals surface area contributed by atoms with E-state index in [2.05, 4.69) is 4.76 Å². The van der Waals surface area contributed by atoms with Crippen LogP contribution in [-0.2, 0) is 4.57 Å². The Hall–Kier alpha value is -2.15. The van der Waals surface area contributed by atoms with E-state index in [1.54, 1.807) is 0 Å². The van der Waals surface area contributed by atoms with Crippen LogP contribution in [0.5, 0.6) is 0 Å². The maximum absolute atomic E-state index is 13.9. The second kappa shape index (κ2) is 7.17. The lowest BCUT2D eigenvalue weighted by molar-refractivity contribution is 0.588. The molecule has 3 aromatic rings. The number of rotatable bonds is 4. The van der Waals surface area contributed by atoms with Gasteiger partial charge >= 0.3 is 0 Å². The molecule has 0 radical (unpaired) electrons. The Balaban J connectivity index is 2.16. The zero-order chi connectivity index (χ0) is 17.0. The maximum Gasteiger partial charge on any atom is 0.247 e. The number of nitrogens with zero attached hydrogens (tertiary/aromatic N) is 1. The molecular weight excluding hydrogens is 337 g/mol. The smallest absolute Gasteiger partial charge is 0.247 e. The van der Waals surface area contributed by atoms with Crippen LogP contribution >= 0.6 is 18.9 Å². The van der Waals surface area contributed by atoms with Crippen molar-refractivity contribution >= 4 is 35.2 Å². The normalized spacial score (nSPS) is 12.2. The molecule has 4 heteroatoms. The van der Waals surface area contributed by atoms with E-state index in [9.17, 15) is 4.57 Å². The van der Waals surface area contributed by atoms with Crippen molar-refractivity contribution in [3.63, 3.8) is 0 Å². The van der Waals surface area contributed by atoms with Crippen LogP contribution in [0.15, 0.2) is 89.7 Å². The quantitative estimate of drug-likeness (QED) is 0.475. The molecule has 120 valence electrons. The van der Waals surface area contributed by atoms with Crippen LogP contribution in [0.2, 0.25) is 5.02 Å². The first-order chi connectivity index (χ1) is 11.6. The number of halogens is 1. The highest BCUT2D eigenvalue weighted by atomic mass is 35.5. The van der Waals surface area contributed by atoms with Crippen molar-refractivity contribution in [2.45, 2.75) is 6.92 Å². The third kappa shape index (κ3) is 3.51. The van der Waals surface area contributed by atoms with Gasteiger partial charge < -0.3 is 0 Å². The fourth-order valence-electron chi connectivity index (χ4n) is 2.51. The van der Waals surface area contributed by atoms with Gasteiger partial charge in [0.05, 0.1) is 0 Å². The minimum absolute atomic E-state index is 0.635. The summed E-state index contributed by atoms with van der Waals surface area (Å²) in [4.78, 5) is 0. The van der Waals surface area contributed by atoms with E-state index >= 15 is 0 Å². The van der Waals surface area contributed by atoms with Crippen molar-refractivity contribution in [3.05, 3.63) is 95.5 Å². The molecule has 0 amide bonds. The van der Waals surface area contributed by atoms with Crippen LogP contribution in [0, 0.1) is 0 Å². The van der Waals surface area contributed by atoms with Gasteiger partial charge in [0, 0.05) is 21.3 Å². The topological polar surface area (TPSA) is 29.4 Å². The zero-order valence-corrected chi connectivity index (χ0v) is 14.9. The summed E-state index contributed by atoms with van der Waals surface area (Å²) in [6.45, 7) is 1.87. The Morgan fingerprint density at radius 1 is 0.833 bits per heavy atom. The van der Waals surface area contributed by atoms with Crippen LogP contribution in [0.25, 0.3) is 0 Å². The van der Waals surface area contributed by atoms with Gasteiger partial charge in [-0.1, -0.05) is 60.1 Å². The highest BCUT2D eigenvalue weighted by molar-refractivity contribution is 7.77. The van der Waals surface area contributed by atoms with E-state index in [1.807, 2.05) is 91.9 Å². The lowest BCUT2D eigenvalue weighted by Crippen LogP contribution is -2.15. The number of hydrogen-bond acceptors (Lipinski definition) is 1. The second-order valence-electron chi connectivity index (χ2n) is 5.44. The number of benzene rings is 3. The molecule has 3 rings (SSSR count). The standard InChI is InChI=1S/C20H17ClNOP/c1-16(17-9-8-10-18(21)15-17)22-24(23,19-11-4-2-5-12-19)20-13-6-3-7-14-20/h2-15H,1H3/b22-16+. The van der Waals surface area contributed by atoms with Gasteiger partial charge in [0.1, 0.15) is 0 Å². The fraction of sp³-hybridized carbons (Fsp3) is 0.0500. The summed E-state index contributed by atoms with van der Waals surface area (Å²) in [5.41, 5.74) is 1.57. The van der Waals surface area contributed by atoms with Gasteiger partial charge in [-0.25, -0.2) is 4.76 Å². The average Bonchev–Trinajstić information content (AvgIpc) is 2.63. The minimum atomic E-state index is -3.12. The third-order valence-corrected chi connectivity index (χ3v) is 6.56. The van der Waals surface area contributed by atoms with Crippen LogP contribution < -0.4 is 10.6 Å². The molecular formula is C20H17ClNOP. The Morgan fingerprint density at radius 3 is 1.88 bits per heavy atom. The van der Waals surface area contributed by atoms with Gasteiger partial charge in [0.15, 0.2) is 0 Å². The molecule has 0 heterocycles. The molecule has 0 aliphatic carbocycles. The van der Waals surface area contributed by atoms with E-state index in [-0.39, 0.29) is 0 Å². The third-order valence-electron chi connectivity index (χ3n) is 3.75. The van der Waals surface area contributed by atoms with E-state index < -0.39 is 7.29 Å². The zero-order valence-electron chi connectivity index (χ0n) is 13.3. The summed E-state index contributed by atoms with van der Waals surface area (Å²) >= 11 is 6.07. The molecule has 0 N–H and O–H groups in total. The predicted octanol–water partition coefficient (Wildman–Crippen LogP) is 5.08. The molecule has 0 spiro atoms. The van der Waals surface area contributed by atoms with Crippen molar-refractivity contribution in [2.24, 2.45) is 4.76 Å². The van der Waals surface area contributed by atoms with Crippen molar-refractivity contribution in [3.8, 4) is 0 Å². The predicted molar refractivity (Wildman–Crippen MR) is 103 cm³/mol. The molecule has 0 atom stereocenters. The maximum atomic E-state index is 13.9. The molecule has 3 aromatic carbocycles. The average molecular weight is 354 g/mol. The van der Waals surface area contributed by atoms with E-state index in [0.717, 1.165) is 16.2 Å². The van der Waals surface area contributed by atoms with Gasteiger partial charge in [-0.3, -0.25) is 4.57 Å². The lowest BCUT2D eigenvalue weighted by Gasteiger charge is -2.16. The van der Waals surface area contributed by atoms with Crippen molar-refractivity contribution in [2.75, 3.05) is 0 Å². The second-order valence-corrected chi connectivity index (χ2v) is 8.26.